The summed E-state index contributed by atoms with van der Waals surface area (Å²) in [6.45, 7) is 4.69. The first-order valence-electron chi connectivity index (χ1n) is 5.41. The Morgan fingerprint density at radius 1 is 1.53 bits per heavy atom. The van der Waals surface area contributed by atoms with Crippen LogP contribution in [-0.4, -0.2) is 25.8 Å². The lowest BCUT2D eigenvalue weighted by Gasteiger charge is -1.90. The van der Waals surface area contributed by atoms with Gasteiger partial charge in [-0.15, -0.1) is 11.3 Å². The Bertz CT molecular complexity index is 545. The number of hydrogen-bond donors (Lipinski definition) is 1. The van der Waals surface area contributed by atoms with Crippen molar-refractivity contribution in [2.24, 2.45) is 0 Å². The van der Waals surface area contributed by atoms with Crippen LogP contribution < -0.4 is 0 Å². The summed E-state index contributed by atoms with van der Waals surface area (Å²) in [7, 11) is 0. The van der Waals surface area contributed by atoms with Gasteiger partial charge in [-0.1, -0.05) is 6.92 Å². The molecule has 0 radical (unpaired) electrons. The van der Waals surface area contributed by atoms with Crippen molar-refractivity contribution in [3.05, 3.63) is 23.0 Å². The van der Waals surface area contributed by atoms with Crippen LogP contribution in [-0.2, 0) is 13.0 Å². The van der Waals surface area contributed by atoms with Crippen molar-refractivity contribution in [1.82, 2.24) is 14.8 Å². The minimum atomic E-state index is -0.909. The number of carboxylic acid groups (broad SMARTS) is 1. The van der Waals surface area contributed by atoms with Crippen LogP contribution in [0, 0.1) is 0 Å². The molecule has 0 saturated heterocycles. The molecule has 0 atom stereocenters. The molecule has 0 unspecified atom stereocenters. The van der Waals surface area contributed by atoms with Crippen LogP contribution in [0.3, 0.4) is 0 Å². The average molecular weight is 251 g/mol. The van der Waals surface area contributed by atoms with Gasteiger partial charge >= 0.3 is 5.97 Å². The van der Waals surface area contributed by atoms with Gasteiger partial charge in [-0.05, 0) is 13.3 Å². The lowest BCUT2D eigenvalue weighted by Crippen LogP contribution is -1.97. The number of carboxylic acids is 1. The highest BCUT2D eigenvalue weighted by Gasteiger charge is 2.17. The highest BCUT2D eigenvalue weighted by molar-refractivity contribution is 7.17. The molecule has 0 fully saturated rings. The lowest BCUT2D eigenvalue weighted by molar-refractivity contribution is 0.0701. The zero-order valence-corrected chi connectivity index (χ0v) is 10.5. The largest absolute Gasteiger partial charge is 0.477 e. The third-order valence-corrected chi connectivity index (χ3v) is 3.57. The minimum Gasteiger partial charge on any atom is -0.477 e. The molecule has 0 aromatic carbocycles. The maximum absolute atomic E-state index is 11.0. The van der Waals surface area contributed by atoms with Crippen LogP contribution in [0.5, 0.6) is 0 Å². The fourth-order valence-corrected chi connectivity index (χ4v) is 2.50. The molecule has 2 aromatic rings. The molecule has 90 valence electrons. The molecule has 0 saturated carbocycles. The Kier molecular flexibility index (Phi) is 3.23. The number of aryl methyl sites for hydroxylation is 2. The number of rotatable bonds is 4. The summed E-state index contributed by atoms with van der Waals surface area (Å²) in [5, 5.41) is 13.9. The minimum absolute atomic E-state index is 0.326. The average Bonchev–Trinajstić information content (AvgIpc) is 2.94. The van der Waals surface area contributed by atoms with E-state index in [0.717, 1.165) is 17.1 Å². The highest BCUT2D eigenvalue weighted by atomic mass is 32.1. The summed E-state index contributed by atoms with van der Waals surface area (Å²) in [6.07, 6.45) is 4.22. The summed E-state index contributed by atoms with van der Waals surface area (Å²) in [6, 6.07) is 0. The third kappa shape index (κ3) is 2.21. The highest BCUT2D eigenvalue weighted by Crippen LogP contribution is 2.28. The third-order valence-electron chi connectivity index (χ3n) is 2.43. The summed E-state index contributed by atoms with van der Waals surface area (Å²) in [4.78, 5) is 15.7. The van der Waals surface area contributed by atoms with Crippen LogP contribution in [0.2, 0.25) is 0 Å². The molecular formula is C11H13N3O2S. The van der Waals surface area contributed by atoms with Crippen LogP contribution >= 0.6 is 11.3 Å². The van der Waals surface area contributed by atoms with E-state index >= 15 is 0 Å². The van der Waals surface area contributed by atoms with Gasteiger partial charge in [0.2, 0.25) is 0 Å². The molecule has 0 aliphatic heterocycles. The van der Waals surface area contributed by atoms with E-state index in [0.29, 0.717) is 17.0 Å². The molecule has 2 rings (SSSR count). The van der Waals surface area contributed by atoms with E-state index in [2.05, 4.69) is 10.1 Å². The number of thiazole rings is 1. The smallest absolute Gasteiger partial charge is 0.347 e. The number of nitrogens with zero attached hydrogens (tertiary/aromatic N) is 3. The molecule has 0 aliphatic carbocycles. The van der Waals surface area contributed by atoms with Gasteiger partial charge in [0.25, 0.3) is 0 Å². The van der Waals surface area contributed by atoms with Crippen molar-refractivity contribution in [1.29, 1.82) is 0 Å². The van der Waals surface area contributed by atoms with Crippen LogP contribution in [0.15, 0.2) is 12.4 Å². The van der Waals surface area contributed by atoms with E-state index in [-0.39, 0.29) is 0 Å². The molecular weight excluding hydrogens is 238 g/mol. The van der Waals surface area contributed by atoms with Gasteiger partial charge in [-0.2, -0.15) is 5.10 Å². The van der Waals surface area contributed by atoms with E-state index < -0.39 is 5.97 Å². The van der Waals surface area contributed by atoms with E-state index in [1.165, 1.54) is 11.3 Å². The fraction of sp³-hybridized carbons (Fsp3) is 0.364. The maximum Gasteiger partial charge on any atom is 0.347 e. The zero-order valence-electron chi connectivity index (χ0n) is 9.67. The number of aromatic nitrogens is 3. The van der Waals surface area contributed by atoms with Gasteiger partial charge in [0.05, 0.1) is 11.9 Å². The van der Waals surface area contributed by atoms with Crippen molar-refractivity contribution >= 4 is 17.3 Å². The van der Waals surface area contributed by atoms with Gasteiger partial charge in [-0.3, -0.25) is 4.68 Å². The lowest BCUT2D eigenvalue weighted by atomic mass is 10.3. The second kappa shape index (κ2) is 4.67. The SMILES string of the molecule is CCc1nc(-c2cnn(CC)c2)sc1C(=O)O. The van der Waals surface area contributed by atoms with E-state index in [1.54, 1.807) is 10.9 Å². The monoisotopic (exact) mass is 251 g/mol. The molecule has 0 spiro atoms. The fourth-order valence-electron chi connectivity index (χ4n) is 1.53. The number of hydrogen-bond acceptors (Lipinski definition) is 4. The molecule has 1 N–H and O–H groups in total. The summed E-state index contributed by atoms with van der Waals surface area (Å²) < 4.78 is 1.79. The van der Waals surface area contributed by atoms with Gasteiger partial charge in [-0.25, -0.2) is 9.78 Å². The normalized spacial score (nSPS) is 10.7. The van der Waals surface area contributed by atoms with Gasteiger partial charge in [0.15, 0.2) is 0 Å². The Morgan fingerprint density at radius 2 is 2.29 bits per heavy atom. The summed E-state index contributed by atoms with van der Waals surface area (Å²) in [5.74, 6) is -0.909. The van der Waals surface area contributed by atoms with Gasteiger partial charge in [0.1, 0.15) is 9.88 Å². The Morgan fingerprint density at radius 3 is 2.76 bits per heavy atom. The Labute approximate surface area is 103 Å². The molecule has 0 aliphatic rings. The molecule has 5 nitrogen and oxygen atoms in total. The zero-order chi connectivity index (χ0) is 12.4. The van der Waals surface area contributed by atoms with Crippen molar-refractivity contribution in [2.45, 2.75) is 26.8 Å². The van der Waals surface area contributed by atoms with Crippen LogP contribution in [0.1, 0.15) is 29.2 Å². The first-order valence-corrected chi connectivity index (χ1v) is 6.23. The molecule has 6 heteroatoms. The van der Waals surface area contributed by atoms with E-state index in [1.807, 2.05) is 20.0 Å². The first kappa shape index (κ1) is 11.8. The second-order valence-electron chi connectivity index (χ2n) is 3.54. The standard InChI is InChI=1S/C11H13N3O2S/c1-3-8-9(11(15)16)17-10(13-8)7-5-12-14(4-2)6-7/h5-6H,3-4H2,1-2H3,(H,15,16). The van der Waals surface area contributed by atoms with Crippen LogP contribution in [0.25, 0.3) is 10.6 Å². The topological polar surface area (TPSA) is 68.0 Å². The van der Waals surface area contributed by atoms with E-state index in [9.17, 15) is 4.79 Å². The number of carbonyl (C=O) groups is 1. The molecule has 2 aromatic heterocycles. The quantitative estimate of drug-likeness (QED) is 0.905. The van der Waals surface area contributed by atoms with Crippen molar-refractivity contribution in [2.75, 3.05) is 0 Å². The predicted molar refractivity (Wildman–Crippen MR) is 65.3 cm³/mol. The van der Waals surface area contributed by atoms with Crippen LogP contribution in [0.4, 0.5) is 0 Å². The van der Waals surface area contributed by atoms with Crippen molar-refractivity contribution in [3.8, 4) is 10.6 Å². The first-order chi connectivity index (χ1) is 8.15. The molecule has 0 amide bonds. The predicted octanol–water partition coefficient (Wildman–Crippen LogP) is 2.29. The Balaban J connectivity index is 2.42. The summed E-state index contributed by atoms with van der Waals surface area (Å²) >= 11 is 1.21. The van der Waals surface area contributed by atoms with Crippen molar-refractivity contribution < 1.29 is 9.90 Å². The molecule has 0 bridgehead atoms. The van der Waals surface area contributed by atoms with Gasteiger partial charge < -0.3 is 5.11 Å². The van der Waals surface area contributed by atoms with Gasteiger partial charge in [0, 0.05) is 18.3 Å². The number of aromatic carboxylic acids is 1. The molecule has 2 heterocycles. The molecule has 17 heavy (non-hydrogen) atoms. The van der Waals surface area contributed by atoms with E-state index in [4.69, 9.17) is 5.11 Å². The van der Waals surface area contributed by atoms with Crippen molar-refractivity contribution in [3.63, 3.8) is 0 Å². The second-order valence-corrected chi connectivity index (χ2v) is 4.54. The maximum atomic E-state index is 11.0. The summed E-state index contributed by atoms with van der Waals surface area (Å²) in [5.41, 5.74) is 1.51. The Hall–Kier alpha value is -1.69.